The van der Waals surface area contributed by atoms with E-state index in [-0.39, 0.29) is 6.61 Å². The molecule has 0 atom stereocenters. The molecule has 1 aliphatic carbocycles. The molecule has 182 valence electrons. The fourth-order valence-corrected chi connectivity index (χ4v) is 4.89. The van der Waals surface area contributed by atoms with Gasteiger partial charge in [0, 0.05) is 22.6 Å². The number of hydrogen-bond donors (Lipinski definition) is 1. The first-order chi connectivity index (χ1) is 16.4. The van der Waals surface area contributed by atoms with E-state index in [9.17, 15) is 14.4 Å². The van der Waals surface area contributed by atoms with E-state index in [0.29, 0.717) is 33.4 Å². The second-order valence-corrected chi connectivity index (χ2v) is 8.33. The molecule has 2 aromatic rings. The summed E-state index contributed by atoms with van der Waals surface area (Å²) in [4.78, 5) is 38.0. The van der Waals surface area contributed by atoms with Gasteiger partial charge in [0.05, 0.1) is 33.5 Å². The minimum absolute atomic E-state index is 0.242. The maximum atomic E-state index is 12.4. The quantitative estimate of drug-likeness (QED) is 0.398. The molecule has 0 bridgehead atoms. The van der Waals surface area contributed by atoms with E-state index >= 15 is 0 Å². The number of anilines is 1. The lowest BCUT2D eigenvalue weighted by Crippen LogP contribution is -2.21. The average molecular weight is 490 g/mol. The maximum Gasteiger partial charge on any atom is 0.341 e. The van der Waals surface area contributed by atoms with Gasteiger partial charge in [-0.15, -0.1) is 11.3 Å². The molecule has 0 fully saturated rings. The summed E-state index contributed by atoms with van der Waals surface area (Å²) in [5.41, 5.74) is 1.90. The van der Waals surface area contributed by atoms with Gasteiger partial charge >= 0.3 is 11.9 Å². The van der Waals surface area contributed by atoms with E-state index in [4.69, 9.17) is 23.7 Å². The second-order valence-electron chi connectivity index (χ2n) is 7.22. The number of thiophene rings is 1. The van der Waals surface area contributed by atoms with Crippen molar-refractivity contribution >= 4 is 40.3 Å². The van der Waals surface area contributed by atoms with Crippen LogP contribution in [0.2, 0.25) is 0 Å². The Morgan fingerprint density at radius 1 is 1.00 bits per heavy atom. The summed E-state index contributed by atoms with van der Waals surface area (Å²) >= 11 is 1.36. The fraction of sp³-hybridized carbons (Fsp3) is 0.375. The van der Waals surface area contributed by atoms with Crippen molar-refractivity contribution in [1.29, 1.82) is 0 Å². The Morgan fingerprint density at radius 2 is 1.71 bits per heavy atom. The zero-order chi connectivity index (χ0) is 24.7. The van der Waals surface area contributed by atoms with Crippen LogP contribution >= 0.6 is 11.3 Å². The zero-order valence-corrected chi connectivity index (χ0v) is 20.3. The Morgan fingerprint density at radius 3 is 2.38 bits per heavy atom. The number of hydrogen-bond acceptors (Lipinski definition) is 9. The molecular formula is C24H27NO8S. The number of carbonyl (C=O) groups excluding carboxylic acids is 3. The highest BCUT2D eigenvalue weighted by molar-refractivity contribution is 7.17. The summed E-state index contributed by atoms with van der Waals surface area (Å²) in [5, 5.41) is 3.11. The van der Waals surface area contributed by atoms with Gasteiger partial charge in [-0.05, 0) is 43.9 Å². The van der Waals surface area contributed by atoms with Crippen LogP contribution in [0.4, 0.5) is 5.00 Å². The molecule has 1 N–H and O–H groups in total. The Labute approximate surface area is 201 Å². The molecule has 1 amide bonds. The van der Waals surface area contributed by atoms with Gasteiger partial charge in [0.2, 0.25) is 0 Å². The van der Waals surface area contributed by atoms with E-state index in [1.807, 2.05) is 0 Å². The van der Waals surface area contributed by atoms with Gasteiger partial charge < -0.3 is 29.0 Å². The van der Waals surface area contributed by atoms with Crippen LogP contribution < -0.4 is 19.5 Å². The van der Waals surface area contributed by atoms with Crippen LogP contribution in [-0.4, -0.2) is 52.4 Å². The minimum atomic E-state index is -0.716. The Kier molecular flexibility index (Phi) is 8.53. The number of esters is 2. The van der Waals surface area contributed by atoms with Gasteiger partial charge in [0.25, 0.3) is 5.91 Å². The van der Waals surface area contributed by atoms with E-state index in [1.165, 1.54) is 44.8 Å². The molecule has 0 aliphatic heterocycles. The summed E-state index contributed by atoms with van der Waals surface area (Å²) in [6, 6.07) is 3.29. The lowest BCUT2D eigenvalue weighted by Gasteiger charge is -2.12. The molecule has 10 heteroatoms. The first-order valence-corrected chi connectivity index (χ1v) is 11.5. The largest absolute Gasteiger partial charge is 0.496 e. The highest BCUT2D eigenvalue weighted by atomic mass is 32.1. The first kappa shape index (κ1) is 25.1. The third kappa shape index (κ3) is 5.69. The SMILES string of the molecule is CCOC(=O)c1c(NC(=O)COC(=O)/C=C/c2cc(OC)c(OC)cc2OC)sc2c1CCC2. The summed E-state index contributed by atoms with van der Waals surface area (Å²) in [5.74, 6) is -0.298. The molecule has 1 heterocycles. The Hall–Kier alpha value is -3.53. The van der Waals surface area contributed by atoms with Crippen LogP contribution in [0.15, 0.2) is 18.2 Å². The molecule has 0 radical (unpaired) electrons. The second kappa shape index (κ2) is 11.6. The van der Waals surface area contributed by atoms with Gasteiger partial charge in [-0.25, -0.2) is 9.59 Å². The lowest BCUT2D eigenvalue weighted by atomic mass is 10.1. The van der Waals surface area contributed by atoms with Crippen LogP contribution in [0.1, 0.15) is 39.7 Å². The van der Waals surface area contributed by atoms with Crippen LogP contribution in [0.3, 0.4) is 0 Å². The maximum absolute atomic E-state index is 12.4. The smallest absolute Gasteiger partial charge is 0.341 e. The third-order valence-electron chi connectivity index (χ3n) is 5.13. The number of fused-ring (bicyclic) bond motifs is 1. The first-order valence-electron chi connectivity index (χ1n) is 10.7. The Balaban J connectivity index is 1.63. The number of nitrogens with one attached hydrogen (secondary N) is 1. The number of benzene rings is 1. The summed E-state index contributed by atoms with van der Waals surface area (Å²) in [6.07, 6.45) is 5.28. The minimum Gasteiger partial charge on any atom is -0.496 e. The number of methoxy groups -OCH3 is 3. The van der Waals surface area contributed by atoms with Crippen LogP contribution in [0.25, 0.3) is 6.08 Å². The van der Waals surface area contributed by atoms with Crippen molar-refractivity contribution in [3.63, 3.8) is 0 Å². The van der Waals surface area contributed by atoms with Gasteiger partial charge in [-0.3, -0.25) is 4.79 Å². The van der Waals surface area contributed by atoms with Crippen LogP contribution in [0.5, 0.6) is 17.2 Å². The van der Waals surface area contributed by atoms with E-state index in [0.717, 1.165) is 29.7 Å². The van der Waals surface area contributed by atoms with Gasteiger partial charge in [-0.2, -0.15) is 0 Å². The van der Waals surface area contributed by atoms with Crippen molar-refractivity contribution in [3.05, 3.63) is 39.8 Å². The number of amides is 1. The molecule has 0 spiro atoms. The topological polar surface area (TPSA) is 109 Å². The van der Waals surface area contributed by atoms with Crippen molar-refractivity contribution in [2.45, 2.75) is 26.2 Å². The van der Waals surface area contributed by atoms with E-state index in [2.05, 4.69) is 5.32 Å². The van der Waals surface area contributed by atoms with Crippen molar-refractivity contribution < 1.29 is 38.1 Å². The predicted molar refractivity (Wildman–Crippen MR) is 127 cm³/mol. The molecule has 3 rings (SSSR count). The molecular weight excluding hydrogens is 462 g/mol. The Bertz CT molecular complexity index is 1100. The molecule has 0 saturated heterocycles. The number of ether oxygens (including phenoxy) is 5. The van der Waals surface area contributed by atoms with Gasteiger partial charge in [0.15, 0.2) is 18.1 Å². The van der Waals surface area contributed by atoms with Crippen LogP contribution in [-0.2, 0) is 31.9 Å². The predicted octanol–water partition coefficient (Wildman–Crippen LogP) is 3.63. The standard InChI is InChI=1S/C24H27NO8S/c1-5-32-24(28)22-15-7-6-8-19(15)34-23(22)25-20(26)13-33-21(27)10-9-14-11-17(30-3)18(31-4)12-16(14)29-2/h9-12H,5-8,13H2,1-4H3,(H,25,26)/b10-9+. The summed E-state index contributed by atoms with van der Waals surface area (Å²) in [6.45, 7) is 1.47. The monoisotopic (exact) mass is 489 g/mol. The van der Waals surface area contributed by atoms with E-state index < -0.39 is 24.5 Å². The summed E-state index contributed by atoms with van der Waals surface area (Å²) in [7, 11) is 4.50. The van der Waals surface area contributed by atoms with Crippen molar-refractivity contribution in [3.8, 4) is 17.2 Å². The lowest BCUT2D eigenvalue weighted by molar-refractivity contribution is -0.142. The zero-order valence-electron chi connectivity index (χ0n) is 19.5. The molecule has 0 unspecified atom stereocenters. The van der Waals surface area contributed by atoms with Crippen molar-refractivity contribution in [1.82, 2.24) is 0 Å². The normalized spacial score (nSPS) is 12.2. The molecule has 0 saturated carbocycles. The summed E-state index contributed by atoms with van der Waals surface area (Å²) < 4.78 is 26.0. The highest BCUT2D eigenvalue weighted by Gasteiger charge is 2.28. The van der Waals surface area contributed by atoms with Gasteiger partial charge in [-0.1, -0.05) is 0 Å². The number of aryl methyl sites for hydroxylation is 1. The molecule has 1 aromatic heterocycles. The molecule has 9 nitrogen and oxygen atoms in total. The van der Waals surface area contributed by atoms with E-state index in [1.54, 1.807) is 19.1 Å². The third-order valence-corrected chi connectivity index (χ3v) is 6.34. The number of rotatable bonds is 10. The molecule has 1 aliphatic rings. The molecule has 34 heavy (non-hydrogen) atoms. The van der Waals surface area contributed by atoms with Crippen molar-refractivity contribution in [2.75, 3.05) is 39.9 Å². The van der Waals surface area contributed by atoms with Gasteiger partial charge in [0.1, 0.15) is 10.8 Å². The van der Waals surface area contributed by atoms with Crippen molar-refractivity contribution in [2.24, 2.45) is 0 Å². The van der Waals surface area contributed by atoms with Crippen LogP contribution in [0, 0.1) is 0 Å². The number of carbonyl (C=O) groups is 3. The molecule has 1 aromatic carbocycles. The highest BCUT2D eigenvalue weighted by Crippen LogP contribution is 2.39. The average Bonchev–Trinajstić information content (AvgIpc) is 3.41. The fourth-order valence-electron chi connectivity index (χ4n) is 3.60.